The van der Waals surface area contributed by atoms with E-state index in [-0.39, 0.29) is 18.1 Å². The maximum absolute atomic E-state index is 12.8. The summed E-state index contributed by atoms with van der Waals surface area (Å²) in [5, 5.41) is 4.69. The second-order valence-electron chi connectivity index (χ2n) is 10.8. The fourth-order valence-electron chi connectivity index (χ4n) is 6.03. The van der Waals surface area contributed by atoms with Gasteiger partial charge in [0.25, 0.3) is 0 Å². The van der Waals surface area contributed by atoms with Crippen LogP contribution in [0.1, 0.15) is 61.3 Å². The Balaban J connectivity index is 1.18. The minimum Gasteiger partial charge on any atom is -0.443 e. The predicted octanol–water partition coefficient (Wildman–Crippen LogP) is 2.13. The van der Waals surface area contributed by atoms with Crippen LogP contribution in [0.5, 0.6) is 0 Å². The van der Waals surface area contributed by atoms with Crippen molar-refractivity contribution in [2.75, 3.05) is 26.2 Å². The molecule has 1 amide bonds. The number of ether oxygens (including phenoxy) is 1. The van der Waals surface area contributed by atoms with Gasteiger partial charge in [0.1, 0.15) is 10.9 Å². The van der Waals surface area contributed by atoms with Gasteiger partial charge in [0.2, 0.25) is 16.1 Å². The lowest BCUT2D eigenvalue weighted by Crippen LogP contribution is -2.69. The number of aliphatic imine (C=N–C) groups is 1. The van der Waals surface area contributed by atoms with E-state index in [1.54, 1.807) is 11.0 Å². The molecule has 0 aromatic heterocycles. The van der Waals surface area contributed by atoms with Gasteiger partial charge in [0, 0.05) is 32.2 Å². The standard InChI is InChI=1S/C24H32N4O5S/c1-24(2,33-23(30)28-10-17(11-28)27-12-18(13-27)34(25,31)32)9-16-6-7-20-21(16)8-15-4-3-5-19(15)22(20)26-14-29/h8,16-18H,3-7,9-13H2,1-2H3,(H2,25,31,32). The molecule has 10 heteroatoms. The molecule has 1 aromatic carbocycles. The fourth-order valence-corrected chi connectivity index (χ4v) is 6.83. The van der Waals surface area contributed by atoms with Gasteiger partial charge in [-0.05, 0) is 80.5 Å². The minimum atomic E-state index is -3.48. The van der Waals surface area contributed by atoms with Crippen molar-refractivity contribution >= 4 is 27.9 Å². The zero-order valence-electron chi connectivity index (χ0n) is 19.7. The Morgan fingerprint density at radius 1 is 1.21 bits per heavy atom. The first-order valence-electron chi connectivity index (χ1n) is 12.0. The van der Waals surface area contributed by atoms with Crippen LogP contribution in [0.3, 0.4) is 0 Å². The molecule has 0 radical (unpaired) electrons. The molecular weight excluding hydrogens is 456 g/mol. The zero-order chi connectivity index (χ0) is 24.3. The second kappa shape index (κ2) is 8.45. The Kier molecular flexibility index (Phi) is 5.83. The van der Waals surface area contributed by atoms with Gasteiger partial charge in [-0.2, -0.15) is 4.99 Å². The van der Waals surface area contributed by atoms with Crippen LogP contribution in [-0.4, -0.2) is 73.5 Å². The first kappa shape index (κ1) is 23.5. The van der Waals surface area contributed by atoms with E-state index in [1.807, 2.05) is 13.8 Å². The molecule has 1 atom stereocenters. The van der Waals surface area contributed by atoms with Gasteiger partial charge in [-0.3, -0.25) is 4.90 Å². The van der Waals surface area contributed by atoms with E-state index < -0.39 is 20.9 Å². The summed E-state index contributed by atoms with van der Waals surface area (Å²) in [6, 6.07) is 2.45. The summed E-state index contributed by atoms with van der Waals surface area (Å²) in [7, 11) is -3.48. The number of benzene rings is 1. The quantitative estimate of drug-likeness (QED) is 0.484. The largest absolute Gasteiger partial charge is 0.443 e. The van der Waals surface area contributed by atoms with Gasteiger partial charge in [-0.25, -0.2) is 23.1 Å². The zero-order valence-corrected chi connectivity index (χ0v) is 20.6. The van der Waals surface area contributed by atoms with Crippen LogP contribution in [0, 0.1) is 0 Å². The number of amides is 1. The summed E-state index contributed by atoms with van der Waals surface area (Å²) in [6.45, 7) is 5.83. The number of carbonyl (C=O) groups is 1. The van der Waals surface area contributed by atoms with Gasteiger partial charge in [-0.15, -0.1) is 0 Å². The number of carbonyl (C=O) groups excluding carboxylic acids is 2. The molecule has 0 spiro atoms. The number of hydrogen-bond donors (Lipinski definition) is 1. The Hall–Kier alpha value is -2.26. The van der Waals surface area contributed by atoms with Crippen molar-refractivity contribution in [3.63, 3.8) is 0 Å². The van der Waals surface area contributed by atoms with Crippen molar-refractivity contribution in [3.8, 4) is 0 Å². The van der Waals surface area contributed by atoms with Crippen LogP contribution in [-0.2, 0) is 38.8 Å². The lowest BCUT2D eigenvalue weighted by molar-refractivity contribution is -0.0368. The van der Waals surface area contributed by atoms with Gasteiger partial charge in [0.05, 0.1) is 5.69 Å². The molecular formula is C24H32N4O5S. The normalized spacial score (nSPS) is 23.0. The summed E-state index contributed by atoms with van der Waals surface area (Å²) in [4.78, 5) is 31.6. The molecule has 2 fully saturated rings. The predicted molar refractivity (Wildman–Crippen MR) is 126 cm³/mol. The maximum atomic E-state index is 12.8. The summed E-state index contributed by atoms with van der Waals surface area (Å²) >= 11 is 0. The minimum absolute atomic E-state index is 0.161. The number of rotatable bonds is 6. The molecule has 2 aliphatic heterocycles. The molecule has 34 heavy (non-hydrogen) atoms. The van der Waals surface area contributed by atoms with E-state index in [4.69, 9.17) is 9.88 Å². The SMILES string of the molecule is CC(C)(CC1CCc2c1cc1c(c2N=C=O)CCC1)OC(=O)N1CC(N2CC(S(N)(=O)=O)C2)C1. The van der Waals surface area contributed by atoms with E-state index in [9.17, 15) is 18.0 Å². The third-order valence-electron chi connectivity index (χ3n) is 7.93. The number of sulfonamides is 1. The molecule has 2 aliphatic carbocycles. The molecule has 2 saturated heterocycles. The average molecular weight is 489 g/mol. The molecule has 4 aliphatic rings. The van der Waals surface area contributed by atoms with Crippen LogP contribution in [0.4, 0.5) is 10.5 Å². The van der Waals surface area contributed by atoms with Crippen LogP contribution in [0.2, 0.25) is 0 Å². The summed E-state index contributed by atoms with van der Waals surface area (Å²) in [5.74, 6) is 0.254. The van der Waals surface area contributed by atoms with Crippen molar-refractivity contribution in [1.29, 1.82) is 0 Å². The molecule has 0 saturated carbocycles. The van der Waals surface area contributed by atoms with Crippen LogP contribution in [0.15, 0.2) is 11.1 Å². The van der Waals surface area contributed by atoms with Crippen molar-refractivity contribution in [3.05, 3.63) is 28.3 Å². The van der Waals surface area contributed by atoms with Crippen molar-refractivity contribution in [1.82, 2.24) is 9.80 Å². The van der Waals surface area contributed by atoms with Gasteiger partial charge < -0.3 is 9.64 Å². The molecule has 1 unspecified atom stereocenters. The third-order valence-corrected chi connectivity index (χ3v) is 9.16. The van der Waals surface area contributed by atoms with E-state index in [2.05, 4.69) is 16.0 Å². The number of aryl methyl sites for hydroxylation is 1. The highest BCUT2D eigenvalue weighted by Crippen LogP contribution is 2.47. The summed E-state index contributed by atoms with van der Waals surface area (Å²) in [6.07, 6.45) is 7.02. The van der Waals surface area contributed by atoms with Crippen molar-refractivity contribution < 1.29 is 22.7 Å². The lowest BCUT2D eigenvalue weighted by Gasteiger charge is -2.51. The topological polar surface area (TPSA) is 122 Å². The molecule has 9 nitrogen and oxygen atoms in total. The highest BCUT2D eigenvalue weighted by molar-refractivity contribution is 7.89. The summed E-state index contributed by atoms with van der Waals surface area (Å²) < 4.78 is 28.7. The van der Waals surface area contributed by atoms with Gasteiger partial charge >= 0.3 is 6.09 Å². The number of fused-ring (bicyclic) bond motifs is 2. The first-order chi connectivity index (χ1) is 16.1. The van der Waals surface area contributed by atoms with Crippen molar-refractivity contribution in [2.24, 2.45) is 10.1 Å². The maximum Gasteiger partial charge on any atom is 0.410 e. The van der Waals surface area contributed by atoms with E-state index in [1.165, 1.54) is 16.7 Å². The second-order valence-corrected chi connectivity index (χ2v) is 12.6. The first-order valence-corrected chi connectivity index (χ1v) is 13.7. The molecule has 0 bridgehead atoms. The Morgan fingerprint density at radius 3 is 2.62 bits per heavy atom. The van der Waals surface area contributed by atoms with Crippen LogP contribution >= 0.6 is 0 Å². The number of nitrogens with zero attached hydrogens (tertiary/aromatic N) is 3. The van der Waals surface area contributed by atoms with Crippen LogP contribution in [0.25, 0.3) is 0 Å². The lowest BCUT2D eigenvalue weighted by atomic mass is 9.87. The third kappa shape index (κ3) is 4.28. The van der Waals surface area contributed by atoms with Gasteiger partial charge in [0.15, 0.2) is 0 Å². The Bertz CT molecular complexity index is 1160. The number of primary sulfonamides is 1. The highest BCUT2D eigenvalue weighted by Gasteiger charge is 2.45. The molecule has 2 N–H and O–H groups in total. The van der Waals surface area contributed by atoms with Crippen LogP contribution < -0.4 is 5.14 Å². The number of hydrogen-bond acceptors (Lipinski definition) is 7. The number of nitrogens with two attached hydrogens (primary N) is 1. The molecule has 184 valence electrons. The number of isocyanates is 1. The van der Waals surface area contributed by atoms with E-state index >= 15 is 0 Å². The Morgan fingerprint density at radius 2 is 1.94 bits per heavy atom. The van der Waals surface area contributed by atoms with Crippen molar-refractivity contribution in [2.45, 2.75) is 75.2 Å². The average Bonchev–Trinajstić information content (AvgIpc) is 3.28. The van der Waals surface area contributed by atoms with E-state index in [0.717, 1.165) is 43.4 Å². The Labute approximate surface area is 200 Å². The fraction of sp³-hybridized carbons (Fsp3) is 0.667. The highest BCUT2D eigenvalue weighted by atomic mass is 32.2. The van der Waals surface area contributed by atoms with Gasteiger partial charge in [-0.1, -0.05) is 6.07 Å². The monoisotopic (exact) mass is 488 g/mol. The summed E-state index contributed by atoms with van der Waals surface area (Å²) in [5.41, 5.74) is 5.09. The number of likely N-dealkylation sites (tertiary alicyclic amines) is 2. The van der Waals surface area contributed by atoms with E-state index in [0.29, 0.717) is 32.6 Å². The molecule has 5 rings (SSSR count). The molecule has 1 aromatic rings. The smallest absolute Gasteiger partial charge is 0.410 e. The molecule has 2 heterocycles.